The van der Waals surface area contributed by atoms with Crippen LogP contribution in [0.3, 0.4) is 0 Å². The number of pyridine rings is 1. The summed E-state index contributed by atoms with van der Waals surface area (Å²) in [5.74, 6) is 0.434. The summed E-state index contributed by atoms with van der Waals surface area (Å²) in [6, 6.07) is 20.7. The van der Waals surface area contributed by atoms with Crippen LogP contribution in [0.5, 0.6) is 5.75 Å². The van der Waals surface area contributed by atoms with E-state index in [1.54, 1.807) is 18.3 Å². The molecule has 0 aliphatic carbocycles. The Morgan fingerprint density at radius 2 is 1.81 bits per heavy atom. The fraction of sp³-hybridized carbons (Fsp3) is 0.214. The van der Waals surface area contributed by atoms with Crippen LogP contribution in [0.15, 0.2) is 72.9 Å². The lowest BCUT2D eigenvalue weighted by atomic mass is 9.96. The minimum atomic E-state index is -0.377. The number of nitrogens with one attached hydrogen (secondary N) is 1. The predicted molar refractivity (Wildman–Crippen MR) is 148 cm³/mol. The molecule has 2 aromatic carbocycles. The molecule has 0 spiro atoms. The highest BCUT2D eigenvalue weighted by Crippen LogP contribution is 2.44. The Morgan fingerprint density at radius 1 is 1.05 bits per heavy atom. The van der Waals surface area contributed by atoms with Gasteiger partial charge in [-0.05, 0) is 81.0 Å². The predicted octanol–water partition coefficient (Wildman–Crippen LogP) is 5.89. The van der Waals surface area contributed by atoms with Gasteiger partial charge < -0.3 is 19.5 Å². The van der Waals surface area contributed by atoms with Crippen molar-refractivity contribution in [3.05, 3.63) is 111 Å². The van der Waals surface area contributed by atoms with Crippen molar-refractivity contribution < 1.29 is 9.66 Å². The smallest absolute Gasteiger partial charge is 0.296 e. The molecule has 9 heteroatoms. The van der Waals surface area contributed by atoms with Crippen molar-refractivity contribution in [3.63, 3.8) is 0 Å². The van der Waals surface area contributed by atoms with E-state index in [9.17, 15) is 10.1 Å². The van der Waals surface area contributed by atoms with Gasteiger partial charge in [-0.25, -0.2) is 0 Å². The van der Waals surface area contributed by atoms with Crippen LogP contribution in [-0.2, 0) is 0 Å². The molecular formula is C28H27N5O3S. The van der Waals surface area contributed by atoms with Crippen LogP contribution < -0.4 is 15.0 Å². The maximum atomic E-state index is 12.0. The lowest BCUT2D eigenvalue weighted by Crippen LogP contribution is -2.29. The van der Waals surface area contributed by atoms with Gasteiger partial charge in [0.15, 0.2) is 5.11 Å². The van der Waals surface area contributed by atoms with E-state index >= 15 is 0 Å². The summed E-state index contributed by atoms with van der Waals surface area (Å²) < 4.78 is 7.17. The van der Waals surface area contributed by atoms with Gasteiger partial charge in [0.05, 0.1) is 35.9 Å². The second-order valence-corrected chi connectivity index (χ2v) is 9.49. The van der Waals surface area contributed by atoms with Gasteiger partial charge in [-0.15, -0.1) is 0 Å². The first kappa shape index (κ1) is 24.5. The number of hydrogen-bond donors (Lipinski definition) is 1. The maximum absolute atomic E-state index is 12.0. The largest absolute Gasteiger partial charge is 0.496 e. The molecule has 1 saturated heterocycles. The van der Waals surface area contributed by atoms with Gasteiger partial charge in [-0.1, -0.05) is 23.8 Å². The maximum Gasteiger partial charge on any atom is 0.296 e. The summed E-state index contributed by atoms with van der Waals surface area (Å²) in [5, 5.41) is 16.1. The molecule has 5 rings (SSSR count). The summed E-state index contributed by atoms with van der Waals surface area (Å²) >= 11 is 5.85. The number of hydrogen-bond acceptors (Lipinski definition) is 5. The Hall–Kier alpha value is -4.24. The average Bonchev–Trinajstić information content (AvgIpc) is 3.39. The number of thiocarbonyl (C=S) groups is 1. The number of benzene rings is 2. The lowest BCUT2D eigenvalue weighted by Gasteiger charge is -2.28. The topological polar surface area (TPSA) is 85.5 Å². The second-order valence-electron chi connectivity index (χ2n) is 9.11. The molecule has 37 heavy (non-hydrogen) atoms. The molecule has 1 fully saturated rings. The van der Waals surface area contributed by atoms with Crippen molar-refractivity contribution >= 4 is 28.7 Å². The zero-order valence-electron chi connectivity index (χ0n) is 21.0. The van der Waals surface area contributed by atoms with Gasteiger partial charge in [0.25, 0.3) is 5.69 Å². The summed E-state index contributed by atoms with van der Waals surface area (Å²) in [4.78, 5) is 18.4. The Morgan fingerprint density at radius 3 is 2.46 bits per heavy atom. The van der Waals surface area contributed by atoms with Crippen molar-refractivity contribution in [2.75, 3.05) is 12.0 Å². The fourth-order valence-corrected chi connectivity index (χ4v) is 5.42. The number of nitro benzene ring substituents is 1. The number of methoxy groups -OCH3 is 1. The van der Waals surface area contributed by atoms with E-state index in [4.69, 9.17) is 17.0 Å². The normalized spacial score (nSPS) is 17.1. The van der Waals surface area contributed by atoms with Gasteiger partial charge >= 0.3 is 0 Å². The van der Waals surface area contributed by atoms with Crippen LogP contribution in [0.2, 0.25) is 0 Å². The molecule has 0 bridgehead atoms. The van der Waals surface area contributed by atoms with Crippen molar-refractivity contribution in [2.45, 2.75) is 32.9 Å². The zero-order chi connectivity index (χ0) is 26.3. The third kappa shape index (κ3) is 4.31. The van der Waals surface area contributed by atoms with Crippen molar-refractivity contribution in [2.24, 2.45) is 0 Å². The van der Waals surface area contributed by atoms with Crippen molar-refractivity contribution in [1.29, 1.82) is 0 Å². The zero-order valence-corrected chi connectivity index (χ0v) is 21.8. The molecule has 2 aromatic heterocycles. The number of ether oxygens (including phenoxy) is 1. The summed E-state index contributed by atoms with van der Waals surface area (Å²) in [7, 11) is 1.50. The molecule has 0 amide bonds. The quantitative estimate of drug-likeness (QED) is 0.195. The van der Waals surface area contributed by atoms with Crippen LogP contribution in [0, 0.1) is 30.9 Å². The van der Waals surface area contributed by atoms with Gasteiger partial charge in [0, 0.05) is 23.3 Å². The molecule has 1 N–H and O–H groups in total. The summed E-state index contributed by atoms with van der Waals surface area (Å²) in [6.07, 6.45) is 1.77. The van der Waals surface area contributed by atoms with Crippen LogP contribution >= 0.6 is 12.2 Å². The summed E-state index contributed by atoms with van der Waals surface area (Å²) in [6.45, 7) is 5.99. The molecule has 2 atom stereocenters. The van der Waals surface area contributed by atoms with Gasteiger partial charge in [0.1, 0.15) is 11.4 Å². The molecule has 8 nitrogen and oxygen atoms in total. The van der Waals surface area contributed by atoms with E-state index in [-0.39, 0.29) is 22.7 Å². The SMILES string of the molecule is COc1ccc(-n2c(C)cc([C@H]3[C@H](c4ccccn4)NC(=S)N3c3ccc(C)cc3)c2C)c([N+](=O)[O-])c1. The highest BCUT2D eigenvalue weighted by atomic mass is 32.1. The third-order valence-electron chi connectivity index (χ3n) is 6.82. The van der Waals surface area contributed by atoms with Crippen molar-refractivity contribution in [1.82, 2.24) is 14.9 Å². The Balaban J connectivity index is 1.70. The molecule has 0 unspecified atom stereocenters. The number of rotatable bonds is 6. The number of aromatic nitrogens is 2. The third-order valence-corrected chi connectivity index (χ3v) is 7.13. The standard InChI is InChI=1S/C28H27N5O3S/c1-17-8-10-20(11-9-17)32-27(26(30-28(32)37)23-7-5-6-14-29-23)22-15-18(2)31(19(22)3)24-13-12-21(36-4)16-25(24)33(34)35/h5-16,26-27H,1-4H3,(H,30,37)/t26-,27-/m0/s1. The minimum absolute atomic E-state index is 0.0237. The van der Waals surface area contributed by atoms with E-state index in [1.807, 2.05) is 43.5 Å². The minimum Gasteiger partial charge on any atom is -0.496 e. The van der Waals surface area contributed by atoms with Gasteiger partial charge in [-0.2, -0.15) is 0 Å². The van der Waals surface area contributed by atoms with Gasteiger partial charge in [-0.3, -0.25) is 15.1 Å². The van der Waals surface area contributed by atoms with E-state index < -0.39 is 0 Å². The molecule has 3 heterocycles. The molecular weight excluding hydrogens is 486 g/mol. The first-order chi connectivity index (χ1) is 17.8. The monoisotopic (exact) mass is 513 g/mol. The molecule has 1 aliphatic rings. The molecule has 0 saturated carbocycles. The van der Waals surface area contributed by atoms with E-state index in [0.717, 1.165) is 33.9 Å². The van der Waals surface area contributed by atoms with Crippen molar-refractivity contribution in [3.8, 4) is 11.4 Å². The Bertz CT molecular complexity index is 1480. The van der Waals surface area contributed by atoms with Gasteiger partial charge in [0.2, 0.25) is 0 Å². The highest BCUT2D eigenvalue weighted by Gasteiger charge is 2.42. The summed E-state index contributed by atoms with van der Waals surface area (Å²) in [5.41, 5.74) is 6.22. The van der Waals surface area contributed by atoms with E-state index in [0.29, 0.717) is 16.5 Å². The number of nitrogens with zero attached hydrogens (tertiary/aromatic N) is 4. The lowest BCUT2D eigenvalue weighted by molar-refractivity contribution is -0.384. The number of nitro groups is 1. The van der Waals surface area contributed by atoms with E-state index in [2.05, 4.69) is 45.5 Å². The van der Waals surface area contributed by atoms with Crippen LogP contribution in [-0.4, -0.2) is 26.7 Å². The van der Waals surface area contributed by atoms with Crippen LogP contribution in [0.1, 0.15) is 40.3 Å². The Labute approximate surface area is 220 Å². The second kappa shape index (κ2) is 9.67. The van der Waals surface area contributed by atoms with E-state index in [1.165, 1.54) is 13.2 Å². The highest BCUT2D eigenvalue weighted by molar-refractivity contribution is 7.80. The first-order valence-corrected chi connectivity index (χ1v) is 12.3. The van der Waals surface area contributed by atoms with Crippen LogP contribution in [0.25, 0.3) is 5.69 Å². The number of anilines is 1. The molecule has 4 aromatic rings. The van der Waals surface area contributed by atoms with Crippen LogP contribution in [0.4, 0.5) is 11.4 Å². The first-order valence-electron chi connectivity index (χ1n) is 11.9. The fourth-order valence-electron chi connectivity index (χ4n) is 5.08. The molecule has 0 radical (unpaired) electrons. The average molecular weight is 514 g/mol. The Kier molecular flexibility index (Phi) is 6.39. The molecule has 1 aliphatic heterocycles. The number of aryl methyl sites for hydroxylation is 2. The molecule has 188 valence electrons.